The minimum Gasteiger partial charge on any atom is -0.492 e. The third-order valence-electron chi connectivity index (χ3n) is 2.56. The molecule has 1 fully saturated rings. The van der Waals surface area contributed by atoms with Crippen LogP contribution in [0.2, 0.25) is 0 Å². The molecule has 2 rings (SSSR count). The average Bonchev–Trinajstić information content (AvgIpc) is 2.27. The molecule has 0 aliphatic carbocycles. The highest BCUT2D eigenvalue weighted by Gasteiger charge is 2.22. The maximum absolute atomic E-state index is 9.08. The Morgan fingerprint density at radius 1 is 1.31 bits per heavy atom. The van der Waals surface area contributed by atoms with Crippen LogP contribution in [0.1, 0.15) is 0 Å². The summed E-state index contributed by atoms with van der Waals surface area (Å²) >= 11 is 0. The van der Waals surface area contributed by atoms with E-state index in [1.165, 1.54) is 0 Å². The summed E-state index contributed by atoms with van der Waals surface area (Å²) < 4.78 is 5.53. The number of rotatable bonds is 6. The van der Waals surface area contributed by atoms with Crippen molar-refractivity contribution in [2.24, 2.45) is 0 Å². The van der Waals surface area contributed by atoms with E-state index in [-0.39, 0.29) is 6.10 Å². The Balaban J connectivity index is 1.49. The standard InChI is InChI=1S/C12H18N2O2/c15-11-8-14(9-11)10-13-6-7-16-12-4-2-1-3-5-12/h1-5,11,13,15H,6-10H2. The van der Waals surface area contributed by atoms with Gasteiger partial charge in [-0.1, -0.05) is 18.2 Å². The number of hydrogen-bond acceptors (Lipinski definition) is 4. The van der Waals surface area contributed by atoms with Crippen molar-refractivity contribution in [3.63, 3.8) is 0 Å². The van der Waals surface area contributed by atoms with Crippen molar-refractivity contribution in [3.05, 3.63) is 30.3 Å². The maximum Gasteiger partial charge on any atom is 0.119 e. The first-order valence-corrected chi connectivity index (χ1v) is 5.63. The number of para-hydroxylation sites is 1. The molecule has 1 aromatic carbocycles. The Bertz CT molecular complexity index is 299. The first-order valence-electron chi connectivity index (χ1n) is 5.63. The van der Waals surface area contributed by atoms with Gasteiger partial charge in [0.15, 0.2) is 0 Å². The fourth-order valence-corrected chi connectivity index (χ4v) is 1.67. The van der Waals surface area contributed by atoms with Crippen molar-refractivity contribution in [1.29, 1.82) is 0 Å². The molecule has 4 nitrogen and oxygen atoms in total. The number of nitrogens with zero attached hydrogens (tertiary/aromatic N) is 1. The third kappa shape index (κ3) is 3.48. The molecule has 0 aromatic heterocycles. The lowest BCUT2D eigenvalue weighted by atomic mass is 10.2. The van der Waals surface area contributed by atoms with Gasteiger partial charge in [0, 0.05) is 26.3 Å². The van der Waals surface area contributed by atoms with E-state index in [4.69, 9.17) is 9.84 Å². The zero-order valence-corrected chi connectivity index (χ0v) is 9.30. The first-order chi connectivity index (χ1) is 7.84. The monoisotopic (exact) mass is 222 g/mol. The van der Waals surface area contributed by atoms with Gasteiger partial charge in [0.1, 0.15) is 12.4 Å². The molecule has 0 radical (unpaired) electrons. The summed E-state index contributed by atoms with van der Waals surface area (Å²) in [6.45, 7) is 3.89. The zero-order valence-electron chi connectivity index (χ0n) is 9.30. The molecule has 88 valence electrons. The average molecular weight is 222 g/mol. The van der Waals surface area contributed by atoms with Gasteiger partial charge in [0.25, 0.3) is 0 Å². The van der Waals surface area contributed by atoms with Crippen LogP contribution in [0.4, 0.5) is 0 Å². The summed E-state index contributed by atoms with van der Waals surface area (Å²) in [7, 11) is 0. The summed E-state index contributed by atoms with van der Waals surface area (Å²) in [6.07, 6.45) is -0.123. The molecular formula is C12H18N2O2. The molecule has 1 aliphatic heterocycles. The van der Waals surface area contributed by atoms with Crippen LogP contribution in [0.25, 0.3) is 0 Å². The second kappa shape index (κ2) is 5.84. The van der Waals surface area contributed by atoms with E-state index in [2.05, 4.69) is 10.2 Å². The highest BCUT2D eigenvalue weighted by Crippen LogP contribution is 2.07. The Morgan fingerprint density at radius 2 is 2.06 bits per heavy atom. The van der Waals surface area contributed by atoms with Crippen molar-refractivity contribution in [2.75, 3.05) is 32.9 Å². The molecule has 0 unspecified atom stereocenters. The van der Waals surface area contributed by atoms with E-state index < -0.39 is 0 Å². The lowest BCUT2D eigenvalue weighted by Crippen LogP contribution is -2.54. The predicted octanol–water partition coefficient (Wildman–Crippen LogP) is 0.289. The van der Waals surface area contributed by atoms with E-state index in [1.807, 2.05) is 30.3 Å². The van der Waals surface area contributed by atoms with Crippen molar-refractivity contribution < 1.29 is 9.84 Å². The SMILES string of the molecule is OC1CN(CNCCOc2ccccc2)C1. The van der Waals surface area contributed by atoms with Crippen molar-refractivity contribution in [1.82, 2.24) is 10.2 Å². The van der Waals surface area contributed by atoms with E-state index in [9.17, 15) is 0 Å². The number of ether oxygens (including phenoxy) is 1. The normalized spacial score (nSPS) is 17.1. The lowest BCUT2D eigenvalue weighted by Gasteiger charge is -2.35. The number of benzene rings is 1. The minimum absolute atomic E-state index is 0.123. The van der Waals surface area contributed by atoms with Gasteiger partial charge in [-0.2, -0.15) is 0 Å². The molecule has 0 bridgehead atoms. The number of hydrogen-bond donors (Lipinski definition) is 2. The molecular weight excluding hydrogens is 204 g/mol. The summed E-state index contributed by atoms with van der Waals surface area (Å²) in [6, 6.07) is 9.80. The van der Waals surface area contributed by atoms with Gasteiger partial charge in [0.2, 0.25) is 0 Å². The Kier molecular flexibility index (Phi) is 4.16. The molecule has 1 aliphatic rings. The van der Waals surface area contributed by atoms with Gasteiger partial charge in [-0.3, -0.25) is 4.90 Å². The quantitative estimate of drug-likeness (QED) is 0.679. The van der Waals surface area contributed by atoms with Gasteiger partial charge in [-0.05, 0) is 12.1 Å². The van der Waals surface area contributed by atoms with Crippen molar-refractivity contribution in [3.8, 4) is 5.75 Å². The number of aliphatic hydroxyl groups excluding tert-OH is 1. The van der Waals surface area contributed by atoms with Gasteiger partial charge < -0.3 is 15.2 Å². The number of β-amino-alcohol motifs (C(OH)–C–C–N with tert-alkyl or cyclic N) is 1. The van der Waals surface area contributed by atoms with E-state index in [0.717, 1.165) is 32.1 Å². The number of likely N-dealkylation sites (tertiary alicyclic amines) is 1. The molecule has 1 aromatic rings. The van der Waals surface area contributed by atoms with Crippen molar-refractivity contribution >= 4 is 0 Å². The Hall–Kier alpha value is -1.10. The highest BCUT2D eigenvalue weighted by atomic mass is 16.5. The maximum atomic E-state index is 9.08. The summed E-state index contributed by atoms with van der Waals surface area (Å²) in [5.74, 6) is 0.906. The Labute approximate surface area is 95.8 Å². The summed E-state index contributed by atoms with van der Waals surface area (Å²) in [5, 5.41) is 12.3. The molecule has 16 heavy (non-hydrogen) atoms. The summed E-state index contributed by atoms with van der Waals surface area (Å²) in [5.41, 5.74) is 0. The molecule has 0 spiro atoms. The second-order valence-corrected chi connectivity index (χ2v) is 4.01. The second-order valence-electron chi connectivity index (χ2n) is 4.01. The highest BCUT2D eigenvalue weighted by molar-refractivity contribution is 5.20. The topological polar surface area (TPSA) is 44.7 Å². The van der Waals surface area contributed by atoms with Crippen LogP contribution >= 0.6 is 0 Å². The van der Waals surface area contributed by atoms with Crippen LogP contribution in [0.3, 0.4) is 0 Å². The molecule has 0 atom stereocenters. The smallest absolute Gasteiger partial charge is 0.119 e. The first kappa shape index (κ1) is 11.4. The minimum atomic E-state index is -0.123. The third-order valence-corrected chi connectivity index (χ3v) is 2.56. The van der Waals surface area contributed by atoms with Crippen LogP contribution in [0, 0.1) is 0 Å². The summed E-state index contributed by atoms with van der Waals surface area (Å²) in [4.78, 5) is 2.16. The van der Waals surface area contributed by atoms with Crippen LogP contribution < -0.4 is 10.1 Å². The van der Waals surface area contributed by atoms with Crippen LogP contribution in [-0.2, 0) is 0 Å². The fourth-order valence-electron chi connectivity index (χ4n) is 1.67. The van der Waals surface area contributed by atoms with Gasteiger partial charge >= 0.3 is 0 Å². The molecule has 2 N–H and O–H groups in total. The molecule has 1 heterocycles. The van der Waals surface area contributed by atoms with E-state index in [1.54, 1.807) is 0 Å². The zero-order chi connectivity index (χ0) is 11.2. The van der Waals surface area contributed by atoms with E-state index >= 15 is 0 Å². The number of nitrogens with one attached hydrogen (secondary N) is 1. The van der Waals surface area contributed by atoms with Gasteiger partial charge in [-0.15, -0.1) is 0 Å². The predicted molar refractivity (Wildman–Crippen MR) is 62.4 cm³/mol. The van der Waals surface area contributed by atoms with Crippen LogP contribution in [-0.4, -0.2) is 49.0 Å². The van der Waals surface area contributed by atoms with E-state index in [0.29, 0.717) is 6.61 Å². The van der Waals surface area contributed by atoms with Gasteiger partial charge in [0.05, 0.1) is 6.10 Å². The van der Waals surface area contributed by atoms with Crippen LogP contribution in [0.15, 0.2) is 30.3 Å². The Morgan fingerprint density at radius 3 is 2.75 bits per heavy atom. The molecule has 0 saturated carbocycles. The van der Waals surface area contributed by atoms with Crippen LogP contribution in [0.5, 0.6) is 5.75 Å². The van der Waals surface area contributed by atoms with Gasteiger partial charge in [-0.25, -0.2) is 0 Å². The molecule has 1 saturated heterocycles. The molecule has 4 heteroatoms. The fraction of sp³-hybridized carbons (Fsp3) is 0.500. The van der Waals surface area contributed by atoms with Crippen molar-refractivity contribution in [2.45, 2.75) is 6.10 Å². The number of aliphatic hydroxyl groups is 1. The lowest BCUT2D eigenvalue weighted by molar-refractivity contribution is -0.00265. The molecule has 0 amide bonds. The largest absolute Gasteiger partial charge is 0.492 e.